The molecule has 0 unspecified atom stereocenters. The lowest BCUT2D eigenvalue weighted by molar-refractivity contribution is -0.142. The first kappa shape index (κ1) is 12.3. The Morgan fingerprint density at radius 1 is 1.20 bits per heavy atom. The summed E-state index contributed by atoms with van der Waals surface area (Å²) >= 11 is 0. The Bertz CT molecular complexity index is 480. The molecule has 0 amide bonds. The third kappa shape index (κ3) is 2.60. The molecule has 15 heavy (non-hydrogen) atoms. The summed E-state index contributed by atoms with van der Waals surface area (Å²) in [6, 6.07) is 1.93. The van der Waals surface area contributed by atoms with Gasteiger partial charge in [0.2, 0.25) is 0 Å². The Morgan fingerprint density at radius 3 is 2.07 bits per heavy atom. The van der Waals surface area contributed by atoms with E-state index in [2.05, 4.69) is 0 Å². The maximum Gasteiger partial charge on any atom is 0.420 e. The number of hydrogen-bond donors (Lipinski definition) is 0. The molecule has 0 fully saturated rings. The Kier molecular flexibility index (Phi) is 2.97. The minimum Gasteiger partial charge on any atom is -0.207 e. The van der Waals surface area contributed by atoms with Gasteiger partial charge in [0, 0.05) is 10.7 Å². The topological polar surface area (TPSA) is 34.1 Å². The standard InChI is InChI=1S/C7H3ClF4O2S/c8-15(13,14)5-3-1-2-4(9)6(5)7(10,11)12/h1-3H. The average Bonchev–Trinajstić information content (AvgIpc) is 1.99. The zero-order chi connectivity index (χ0) is 11.9. The predicted molar refractivity (Wildman–Crippen MR) is 44.4 cm³/mol. The quantitative estimate of drug-likeness (QED) is 0.576. The molecule has 0 spiro atoms. The number of benzene rings is 1. The molecule has 0 heterocycles. The third-order valence-corrected chi connectivity index (χ3v) is 2.89. The fourth-order valence-electron chi connectivity index (χ4n) is 0.983. The molecule has 0 aliphatic rings. The van der Waals surface area contributed by atoms with E-state index in [-0.39, 0.29) is 0 Å². The first-order valence-corrected chi connectivity index (χ1v) is 5.75. The van der Waals surface area contributed by atoms with Crippen molar-refractivity contribution in [1.29, 1.82) is 0 Å². The largest absolute Gasteiger partial charge is 0.420 e. The van der Waals surface area contributed by atoms with E-state index in [0.717, 1.165) is 6.07 Å². The van der Waals surface area contributed by atoms with Gasteiger partial charge in [-0.1, -0.05) is 6.07 Å². The molecule has 2 nitrogen and oxygen atoms in total. The highest BCUT2D eigenvalue weighted by Crippen LogP contribution is 2.36. The van der Waals surface area contributed by atoms with Crippen molar-refractivity contribution < 1.29 is 26.0 Å². The van der Waals surface area contributed by atoms with Crippen LogP contribution in [0.25, 0.3) is 0 Å². The molecule has 0 saturated heterocycles. The Hall–Kier alpha value is -0.820. The summed E-state index contributed by atoms with van der Waals surface area (Å²) < 4.78 is 71.2. The number of halogens is 5. The first-order valence-electron chi connectivity index (χ1n) is 3.44. The molecule has 0 N–H and O–H groups in total. The number of alkyl halides is 3. The van der Waals surface area contributed by atoms with Crippen molar-refractivity contribution in [3.05, 3.63) is 29.6 Å². The van der Waals surface area contributed by atoms with Crippen LogP contribution < -0.4 is 0 Å². The van der Waals surface area contributed by atoms with Crippen molar-refractivity contribution in [2.45, 2.75) is 11.1 Å². The van der Waals surface area contributed by atoms with Crippen LogP contribution in [0, 0.1) is 5.82 Å². The molecule has 1 aromatic carbocycles. The molecule has 1 rings (SSSR count). The van der Waals surface area contributed by atoms with E-state index >= 15 is 0 Å². The molecule has 1 aromatic rings. The number of hydrogen-bond acceptors (Lipinski definition) is 2. The minimum atomic E-state index is -5.11. The van der Waals surface area contributed by atoms with Gasteiger partial charge in [-0.2, -0.15) is 13.2 Å². The van der Waals surface area contributed by atoms with Gasteiger partial charge in [-0.25, -0.2) is 12.8 Å². The minimum absolute atomic E-state index is 0.508. The maximum absolute atomic E-state index is 12.8. The van der Waals surface area contributed by atoms with Crippen molar-refractivity contribution in [1.82, 2.24) is 0 Å². The van der Waals surface area contributed by atoms with Gasteiger partial charge < -0.3 is 0 Å². The maximum atomic E-state index is 12.8. The van der Waals surface area contributed by atoms with E-state index in [1.54, 1.807) is 0 Å². The van der Waals surface area contributed by atoms with E-state index in [4.69, 9.17) is 10.7 Å². The Morgan fingerprint density at radius 2 is 1.73 bits per heavy atom. The summed E-state index contributed by atoms with van der Waals surface area (Å²) in [6.45, 7) is 0. The summed E-state index contributed by atoms with van der Waals surface area (Å²) in [5.74, 6) is -1.68. The Balaban J connectivity index is 3.63. The van der Waals surface area contributed by atoms with Crippen LogP contribution in [0.5, 0.6) is 0 Å². The highest BCUT2D eigenvalue weighted by atomic mass is 35.7. The molecule has 0 aromatic heterocycles. The van der Waals surface area contributed by atoms with Crippen LogP contribution in [0.2, 0.25) is 0 Å². The smallest absolute Gasteiger partial charge is 0.207 e. The van der Waals surface area contributed by atoms with Crippen LogP contribution in [0.15, 0.2) is 23.1 Å². The highest BCUT2D eigenvalue weighted by molar-refractivity contribution is 8.13. The number of rotatable bonds is 1. The molecule has 0 radical (unpaired) electrons. The van der Waals surface area contributed by atoms with Gasteiger partial charge >= 0.3 is 6.18 Å². The average molecular weight is 263 g/mol. The van der Waals surface area contributed by atoms with Crippen molar-refractivity contribution >= 4 is 19.7 Å². The summed E-state index contributed by atoms with van der Waals surface area (Å²) in [7, 11) is 0.120. The van der Waals surface area contributed by atoms with E-state index in [1.807, 2.05) is 0 Å². The van der Waals surface area contributed by atoms with Gasteiger partial charge in [0.05, 0.1) is 4.90 Å². The summed E-state index contributed by atoms with van der Waals surface area (Å²) in [5, 5.41) is 0. The van der Waals surface area contributed by atoms with Crippen molar-refractivity contribution in [3.63, 3.8) is 0 Å². The van der Waals surface area contributed by atoms with Gasteiger partial charge in [0.25, 0.3) is 9.05 Å². The summed E-state index contributed by atoms with van der Waals surface area (Å²) in [4.78, 5) is -1.28. The zero-order valence-corrected chi connectivity index (χ0v) is 8.42. The van der Waals surface area contributed by atoms with E-state index in [0.29, 0.717) is 12.1 Å². The zero-order valence-electron chi connectivity index (χ0n) is 6.85. The molecule has 0 aliphatic carbocycles. The monoisotopic (exact) mass is 262 g/mol. The second-order valence-electron chi connectivity index (χ2n) is 2.55. The fraction of sp³-hybridized carbons (Fsp3) is 0.143. The molecule has 0 bridgehead atoms. The van der Waals surface area contributed by atoms with Gasteiger partial charge in [-0.15, -0.1) is 0 Å². The summed E-state index contributed by atoms with van der Waals surface area (Å²) in [6.07, 6.45) is -5.11. The van der Waals surface area contributed by atoms with Crippen LogP contribution >= 0.6 is 10.7 Å². The van der Waals surface area contributed by atoms with Gasteiger partial charge in [0.15, 0.2) is 0 Å². The fourth-order valence-corrected chi connectivity index (χ4v) is 2.07. The third-order valence-electron chi connectivity index (χ3n) is 1.52. The molecule has 0 atom stereocenters. The molecule has 0 aliphatic heterocycles. The molecule has 0 saturated carbocycles. The van der Waals surface area contributed by atoms with E-state index < -0.39 is 31.5 Å². The van der Waals surface area contributed by atoms with Crippen molar-refractivity contribution in [2.75, 3.05) is 0 Å². The van der Waals surface area contributed by atoms with Gasteiger partial charge in [0.1, 0.15) is 11.4 Å². The van der Waals surface area contributed by atoms with Crippen LogP contribution in [0.4, 0.5) is 17.6 Å². The lowest BCUT2D eigenvalue weighted by atomic mass is 10.2. The second kappa shape index (κ2) is 3.64. The molecular weight excluding hydrogens is 260 g/mol. The molecule has 8 heteroatoms. The second-order valence-corrected chi connectivity index (χ2v) is 5.08. The van der Waals surface area contributed by atoms with Crippen LogP contribution in [-0.4, -0.2) is 8.42 Å². The molecular formula is C7H3ClF4O2S. The van der Waals surface area contributed by atoms with Crippen LogP contribution in [0.3, 0.4) is 0 Å². The van der Waals surface area contributed by atoms with Crippen molar-refractivity contribution in [2.24, 2.45) is 0 Å². The summed E-state index contributed by atoms with van der Waals surface area (Å²) in [5.41, 5.74) is -1.87. The van der Waals surface area contributed by atoms with Gasteiger partial charge in [-0.3, -0.25) is 0 Å². The lowest BCUT2D eigenvalue weighted by Gasteiger charge is -2.10. The normalized spacial score (nSPS) is 12.9. The Labute approximate surface area is 86.9 Å². The van der Waals surface area contributed by atoms with Gasteiger partial charge in [-0.05, 0) is 12.1 Å². The highest BCUT2D eigenvalue weighted by Gasteiger charge is 2.39. The predicted octanol–water partition coefficient (Wildman–Crippen LogP) is 2.77. The van der Waals surface area contributed by atoms with Crippen LogP contribution in [0.1, 0.15) is 5.56 Å². The SMILES string of the molecule is O=S(=O)(Cl)c1cccc(F)c1C(F)(F)F. The lowest BCUT2D eigenvalue weighted by Crippen LogP contribution is -2.13. The first-order chi connectivity index (χ1) is 6.64. The van der Waals surface area contributed by atoms with E-state index in [9.17, 15) is 26.0 Å². The van der Waals surface area contributed by atoms with E-state index in [1.165, 1.54) is 0 Å². The van der Waals surface area contributed by atoms with Crippen LogP contribution in [-0.2, 0) is 15.2 Å². The van der Waals surface area contributed by atoms with Crippen molar-refractivity contribution in [3.8, 4) is 0 Å². The molecule has 84 valence electrons.